The van der Waals surface area contributed by atoms with E-state index >= 15 is 0 Å². The second kappa shape index (κ2) is 4.64. The minimum absolute atomic E-state index is 0.706. The maximum absolute atomic E-state index is 7.36. The Kier molecular flexibility index (Phi) is 3.23. The van der Waals surface area contributed by atoms with E-state index in [1.54, 1.807) is 0 Å². The Morgan fingerprint density at radius 2 is 2.07 bits per heavy atom. The predicted octanol–water partition coefficient (Wildman–Crippen LogP) is 2.17. The summed E-state index contributed by atoms with van der Waals surface area (Å²) in [5, 5.41) is 8.06. The first-order valence-electron chi connectivity index (χ1n) is 4.94. The molecule has 0 atom stereocenters. The zero-order valence-corrected chi connectivity index (χ0v) is 9.13. The normalized spacial score (nSPS) is 16.5. The average molecular weight is 225 g/mol. The summed E-state index contributed by atoms with van der Waals surface area (Å²) in [6.07, 6.45) is 1.34. The highest BCUT2D eigenvalue weighted by Crippen LogP contribution is 2.29. The number of anilines is 1. The molecule has 1 aliphatic heterocycles. The molecular formula is C11H13ClN2O. The first-order valence-corrected chi connectivity index (χ1v) is 5.32. The summed E-state index contributed by atoms with van der Waals surface area (Å²) in [5.41, 5.74) is 1.82. The quantitative estimate of drug-likeness (QED) is 0.782. The largest absolute Gasteiger partial charge is 0.378 e. The summed E-state index contributed by atoms with van der Waals surface area (Å²) in [4.78, 5) is 2.17. The summed E-state index contributed by atoms with van der Waals surface area (Å²) in [7, 11) is 0. The van der Waals surface area contributed by atoms with Crippen molar-refractivity contribution in [3.63, 3.8) is 0 Å². The molecule has 0 radical (unpaired) electrons. The zero-order valence-electron chi connectivity index (χ0n) is 8.37. The van der Waals surface area contributed by atoms with Crippen LogP contribution in [-0.2, 0) is 4.74 Å². The van der Waals surface area contributed by atoms with E-state index < -0.39 is 0 Å². The Morgan fingerprint density at radius 3 is 2.73 bits per heavy atom. The zero-order chi connectivity index (χ0) is 10.7. The van der Waals surface area contributed by atoms with E-state index in [0.29, 0.717) is 5.02 Å². The van der Waals surface area contributed by atoms with Crippen molar-refractivity contribution in [3.8, 4) is 0 Å². The molecule has 1 heterocycles. The lowest BCUT2D eigenvalue weighted by Crippen LogP contribution is -2.37. The smallest absolute Gasteiger partial charge is 0.0646 e. The summed E-state index contributed by atoms with van der Waals surface area (Å²) < 4.78 is 5.29. The monoisotopic (exact) mass is 224 g/mol. The molecule has 0 bridgehead atoms. The Labute approximate surface area is 94.1 Å². The van der Waals surface area contributed by atoms with Crippen LogP contribution in [0.5, 0.6) is 0 Å². The van der Waals surface area contributed by atoms with Crippen LogP contribution < -0.4 is 4.90 Å². The Hall–Kier alpha value is -1.06. The van der Waals surface area contributed by atoms with Crippen molar-refractivity contribution in [2.24, 2.45) is 0 Å². The number of benzene rings is 1. The number of rotatable bonds is 2. The fourth-order valence-corrected chi connectivity index (χ4v) is 2.07. The third kappa shape index (κ3) is 2.13. The van der Waals surface area contributed by atoms with E-state index in [2.05, 4.69) is 4.90 Å². The van der Waals surface area contributed by atoms with E-state index in [4.69, 9.17) is 21.7 Å². The van der Waals surface area contributed by atoms with Gasteiger partial charge in [0.1, 0.15) is 0 Å². The molecule has 0 aliphatic carbocycles. The van der Waals surface area contributed by atoms with Crippen LogP contribution >= 0.6 is 11.6 Å². The molecule has 0 saturated carbocycles. The average Bonchev–Trinajstić information content (AvgIpc) is 2.29. The maximum Gasteiger partial charge on any atom is 0.0646 e. The molecule has 0 amide bonds. The van der Waals surface area contributed by atoms with Gasteiger partial charge in [-0.25, -0.2) is 0 Å². The molecule has 15 heavy (non-hydrogen) atoms. The van der Waals surface area contributed by atoms with Crippen molar-refractivity contribution in [2.45, 2.75) is 0 Å². The molecule has 0 spiro atoms. The second-order valence-corrected chi connectivity index (χ2v) is 3.83. The number of nitrogens with one attached hydrogen (secondary N) is 1. The van der Waals surface area contributed by atoms with Gasteiger partial charge in [-0.05, 0) is 6.07 Å². The Morgan fingerprint density at radius 1 is 1.33 bits per heavy atom. The van der Waals surface area contributed by atoms with Crippen molar-refractivity contribution in [1.29, 1.82) is 5.41 Å². The first-order chi connectivity index (χ1) is 7.33. The van der Waals surface area contributed by atoms with Crippen LogP contribution in [-0.4, -0.2) is 32.5 Å². The fraction of sp³-hybridized carbons (Fsp3) is 0.364. The molecule has 1 aromatic rings. The third-order valence-electron chi connectivity index (χ3n) is 2.50. The number of hydrogen-bond acceptors (Lipinski definition) is 3. The summed E-state index contributed by atoms with van der Waals surface area (Å²) >= 11 is 6.16. The van der Waals surface area contributed by atoms with Crippen LogP contribution in [0.1, 0.15) is 5.56 Å². The minimum atomic E-state index is 0.706. The Balaban J connectivity index is 2.35. The molecule has 1 aliphatic rings. The maximum atomic E-state index is 7.36. The van der Waals surface area contributed by atoms with Gasteiger partial charge in [0, 0.05) is 24.9 Å². The molecular weight excluding hydrogens is 212 g/mol. The van der Waals surface area contributed by atoms with Gasteiger partial charge in [0.2, 0.25) is 0 Å². The highest BCUT2D eigenvalue weighted by molar-refractivity contribution is 6.34. The van der Waals surface area contributed by atoms with Gasteiger partial charge in [-0.1, -0.05) is 23.7 Å². The van der Waals surface area contributed by atoms with E-state index in [9.17, 15) is 0 Å². The van der Waals surface area contributed by atoms with E-state index in [1.807, 2.05) is 18.2 Å². The van der Waals surface area contributed by atoms with E-state index in [-0.39, 0.29) is 0 Å². The van der Waals surface area contributed by atoms with Crippen LogP contribution in [0.15, 0.2) is 18.2 Å². The SMILES string of the molecule is N=Cc1cccc(Cl)c1N1CCOCC1. The summed E-state index contributed by atoms with van der Waals surface area (Å²) in [6.45, 7) is 3.13. The second-order valence-electron chi connectivity index (χ2n) is 3.42. The lowest BCUT2D eigenvalue weighted by Gasteiger charge is -2.30. The van der Waals surface area contributed by atoms with Gasteiger partial charge in [0.05, 0.1) is 23.9 Å². The van der Waals surface area contributed by atoms with Crippen molar-refractivity contribution in [3.05, 3.63) is 28.8 Å². The van der Waals surface area contributed by atoms with Crippen molar-refractivity contribution >= 4 is 23.5 Å². The number of ether oxygens (including phenoxy) is 1. The molecule has 80 valence electrons. The molecule has 1 aromatic carbocycles. The number of para-hydroxylation sites is 1. The molecule has 1 N–H and O–H groups in total. The number of hydrogen-bond donors (Lipinski definition) is 1. The summed E-state index contributed by atoms with van der Waals surface area (Å²) in [5.74, 6) is 0. The van der Waals surface area contributed by atoms with Crippen LogP contribution in [0, 0.1) is 5.41 Å². The van der Waals surface area contributed by atoms with Crippen molar-refractivity contribution < 1.29 is 4.74 Å². The van der Waals surface area contributed by atoms with Crippen LogP contribution in [0.25, 0.3) is 0 Å². The lowest BCUT2D eigenvalue weighted by molar-refractivity contribution is 0.122. The van der Waals surface area contributed by atoms with Gasteiger partial charge < -0.3 is 15.0 Å². The molecule has 4 heteroatoms. The van der Waals surface area contributed by atoms with E-state index in [0.717, 1.165) is 37.6 Å². The van der Waals surface area contributed by atoms with Gasteiger partial charge in [0.25, 0.3) is 0 Å². The molecule has 3 nitrogen and oxygen atoms in total. The van der Waals surface area contributed by atoms with Crippen LogP contribution in [0.2, 0.25) is 5.02 Å². The number of nitrogens with zero attached hydrogens (tertiary/aromatic N) is 1. The first kappa shape index (κ1) is 10.5. The highest BCUT2D eigenvalue weighted by atomic mass is 35.5. The molecule has 0 unspecified atom stereocenters. The lowest BCUT2D eigenvalue weighted by atomic mass is 10.1. The molecule has 1 fully saturated rings. The topological polar surface area (TPSA) is 36.3 Å². The van der Waals surface area contributed by atoms with Gasteiger partial charge in [-0.2, -0.15) is 0 Å². The van der Waals surface area contributed by atoms with Gasteiger partial charge >= 0.3 is 0 Å². The van der Waals surface area contributed by atoms with Crippen molar-refractivity contribution in [2.75, 3.05) is 31.2 Å². The summed E-state index contributed by atoms with van der Waals surface area (Å²) in [6, 6.07) is 5.63. The molecule has 1 saturated heterocycles. The Bertz CT molecular complexity index is 362. The number of halogens is 1. The van der Waals surface area contributed by atoms with Crippen LogP contribution in [0.3, 0.4) is 0 Å². The standard InChI is InChI=1S/C11H13ClN2O/c12-10-3-1-2-9(8-13)11(10)14-4-6-15-7-5-14/h1-3,8,13H,4-7H2. The predicted molar refractivity (Wildman–Crippen MR) is 62.4 cm³/mol. The fourth-order valence-electron chi connectivity index (χ4n) is 1.77. The molecule has 0 aromatic heterocycles. The minimum Gasteiger partial charge on any atom is -0.378 e. The van der Waals surface area contributed by atoms with Gasteiger partial charge in [0.15, 0.2) is 0 Å². The third-order valence-corrected chi connectivity index (χ3v) is 2.81. The van der Waals surface area contributed by atoms with Crippen molar-refractivity contribution in [1.82, 2.24) is 0 Å². The van der Waals surface area contributed by atoms with Gasteiger partial charge in [-0.15, -0.1) is 0 Å². The highest BCUT2D eigenvalue weighted by Gasteiger charge is 2.16. The van der Waals surface area contributed by atoms with E-state index in [1.165, 1.54) is 6.21 Å². The number of morpholine rings is 1. The van der Waals surface area contributed by atoms with Crippen LogP contribution in [0.4, 0.5) is 5.69 Å². The molecule has 2 rings (SSSR count). The van der Waals surface area contributed by atoms with Gasteiger partial charge in [-0.3, -0.25) is 0 Å².